The average Bonchev–Trinajstić information content (AvgIpc) is 1.93. The summed E-state index contributed by atoms with van der Waals surface area (Å²) in [7, 11) is 0. The number of piperidine rings is 1. The van der Waals surface area contributed by atoms with Gasteiger partial charge in [0.1, 0.15) is 30.9 Å². The highest BCUT2D eigenvalue weighted by atomic mass is 16.4. The second-order valence-electron chi connectivity index (χ2n) is 2.88. The molecule has 1 fully saturated rings. The van der Waals surface area contributed by atoms with Crippen molar-refractivity contribution in [1.29, 1.82) is 0 Å². The Kier molecular flexibility index (Phi) is 2.25. The molecule has 10 heavy (non-hydrogen) atoms. The van der Waals surface area contributed by atoms with E-state index in [4.69, 9.17) is 10.2 Å². The molecule has 0 unspecified atom stereocenters. The zero-order valence-corrected chi connectivity index (χ0v) is 5.94. The van der Waals surface area contributed by atoms with Gasteiger partial charge in [-0.1, -0.05) is 0 Å². The Morgan fingerprint density at radius 2 is 1.80 bits per heavy atom. The summed E-state index contributed by atoms with van der Waals surface area (Å²) in [5, 5.41) is 29.1. The normalized spacial score (nSPS) is 49.2. The average molecular weight is 148 g/mol. The van der Waals surface area contributed by atoms with Crippen molar-refractivity contribution in [3.63, 3.8) is 0 Å². The maximum Gasteiger partial charge on any atom is 0.134 e. The summed E-state index contributed by atoms with van der Waals surface area (Å²) in [4.78, 5) is 0. The minimum absolute atomic E-state index is 0.0154. The van der Waals surface area contributed by atoms with E-state index in [0.717, 1.165) is 0 Å². The van der Waals surface area contributed by atoms with Crippen molar-refractivity contribution >= 4 is 0 Å². The maximum absolute atomic E-state index is 9.18. The van der Waals surface area contributed by atoms with Crippen LogP contribution in [0.2, 0.25) is 0 Å². The summed E-state index contributed by atoms with van der Waals surface area (Å²) in [6, 6.07) is -0.0154. The molecule has 1 saturated heterocycles. The van der Waals surface area contributed by atoms with Gasteiger partial charge in [0.25, 0.3) is 0 Å². The Morgan fingerprint density at radius 1 is 1.20 bits per heavy atom. The van der Waals surface area contributed by atoms with Crippen LogP contribution in [-0.2, 0) is 0 Å². The molecule has 4 heteroatoms. The van der Waals surface area contributed by atoms with E-state index < -0.39 is 18.3 Å². The van der Waals surface area contributed by atoms with E-state index in [2.05, 4.69) is 0 Å². The molecular formula is C6H14NO3+. The Labute approximate surface area is 59.5 Å². The fourth-order valence-corrected chi connectivity index (χ4v) is 1.17. The molecule has 1 aliphatic heterocycles. The number of hydrogen-bond acceptors (Lipinski definition) is 3. The van der Waals surface area contributed by atoms with Crippen LogP contribution in [-0.4, -0.2) is 46.2 Å². The van der Waals surface area contributed by atoms with Crippen LogP contribution in [0.5, 0.6) is 0 Å². The highest BCUT2D eigenvalue weighted by Crippen LogP contribution is 2.04. The van der Waals surface area contributed by atoms with Gasteiger partial charge in [0.05, 0.1) is 0 Å². The molecule has 0 bridgehead atoms. The molecule has 1 rings (SSSR count). The van der Waals surface area contributed by atoms with Crippen LogP contribution < -0.4 is 5.32 Å². The minimum atomic E-state index is -0.972. The molecule has 0 radical (unpaired) electrons. The van der Waals surface area contributed by atoms with Gasteiger partial charge in [0.2, 0.25) is 0 Å². The predicted octanol–water partition coefficient (Wildman–Crippen LogP) is -2.97. The van der Waals surface area contributed by atoms with E-state index >= 15 is 0 Å². The molecule has 0 aliphatic carbocycles. The van der Waals surface area contributed by atoms with E-state index in [1.807, 2.05) is 12.2 Å². The molecule has 0 saturated carbocycles. The largest absolute Gasteiger partial charge is 0.387 e. The topological polar surface area (TPSA) is 77.3 Å². The third-order valence-corrected chi connectivity index (χ3v) is 2.03. The van der Waals surface area contributed by atoms with Crippen LogP contribution in [0, 0.1) is 0 Å². The highest BCUT2D eigenvalue weighted by molar-refractivity contribution is 4.81. The van der Waals surface area contributed by atoms with E-state index in [0.29, 0.717) is 6.54 Å². The number of quaternary nitrogens is 1. The van der Waals surface area contributed by atoms with Crippen molar-refractivity contribution < 1.29 is 20.6 Å². The zero-order chi connectivity index (χ0) is 7.72. The fourth-order valence-electron chi connectivity index (χ4n) is 1.17. The van der Waals surface area contributed by atoms with Gasteiger partial charge >= 0.3 is 0 Å². The molecule has 60 valence electrons. The molecule has 0 amide bonds. The Hall–Kier alpha value is -0.160. The van der Waals surface area contributed by atoms with Gasteiger partial charge in [0, 0.05) is 0 Å². The number of rotatable bonds is 0. The summed E-state index contributed by atoms with van der Waals surface area (Å²) >= 11 is 0. The molecule has 0 aromatic rings. The van der Waals surface area contributed by atoms with Gasteiger partial charge in [-0.2, -0.15) is 0 Å². The third-order valence-electron chi connectivity index (χ3n) is 2.03. The molecule has 0 aromatic carbocycles. The van der Waals surface area contributed by atoms with Crippen molar-refractivity contribution in [2.24, 2.45) is 0 Å². The quantitative estimate of drug-likeness (QED) is 0.296. The summed E-state index contributed by atoms with van der Waals surface area (Å²) in [5.41, 5.74) is 0. The number of aliphatic hydroxyl groups excluding tert-OH is 3. The summed E-state index contributed by atoms with van der Waals surface area (Å²) in [6.07, 6.45) is -2.56. The van der Waals surface area contributed by atoms with Crippen LogP contribution in [0.25, 0.3) is 0 Å². The smallest absolute Gasteiger partial charge is 0.134 e. The zero-order valence-electron chi connectivity index (χ0n) is 5.94. The molecule has 1 aliphatic rings. The van der Waals surface area contributed by atoms with E-state index in [9.17, 15) is 5.11 Å². The lowest BCUT2D eigenvalue weighted by Gasteiger charge is -2.31. The van der Waals surface area contributed by atoms with Crippen molar-refractivity contribution in [1.82, 2.24) is 0 Å². The summed E-state index contributed by atoms with van der Waals surface area (Å²) < 4.78 is 0. The van der Waals surface area contributed by atoms with Crippen molar-refractivity contribution in [3.05, 3.63) is 0 Å². The first-order valence-electron chi connectivity index (χ1n) is 3.50. The Bertz CT molecular complexity index is 106. The molecular weight excluding hydrogens is 134 g/mol. The molecule has 0 spiro atoms. The molecule has 1 heterocycles. The standard InChI is InChI=1S/C6H13NO3/c1-3-5(9)6(10)4(8)2-7-3/h3-10H,2H2,1H3/p+1/t3-,4-,5-,6-/m1/s1. The van der Waals surface area contributed by atoms with Crippen LogP contribution in [0.1, 0.15) is 6.92 Å². The van der Waals surface area contributed by atoms with E-state index in [1.165, 1.54) is 0 Å². The van der Waals surface area contributed by atoms with Crippen molar-refractivity contribution in [3.8, 4) is 0 Å². The molecule has 0 aromatic heterocycles. The fraction of sp³-hybridized carbons (Fsp3) is 1.00. The van der Waals surface area contributed by atoms with Gasteiger partial charge < -0.3 is 20.6 Å². The monoisotopic (exact) mass is 148 g/mol. The molecule has 4 atom stereocenters. The lowest BCUT2D eigenvalue weighted by molar-refractivity contribution is -0.712. The van der Waals surface area contributed by atoms with Crippen molar-refractivity contribution in [2.45, 2.75) is 31.3 Å². The second-order valence-corrected chi connectivity index (χ2v) is 2.88. The van der Waals surface area contributed by atoms with E-state index in [1.54, 1.807) is 0 Å². The first kappa shape index (κ1) is 7.94. The lowest BCUT2D eigenvalue weighted by atomic mass is 9.98. The molecule has 5 N–H and O–H groups in total. The van der Waals surface area contributed by atoms with Crippen LogP contribution in [0.3, 0.4) is 0 Å². The third kappa shape index (κ3) is 1.29. The second kappa shape index (κ2) is 2.84. The van der Waals surface area contributed by atoms with Crippen LogP contribution >= 0.6 is 0 Å². The number of nitrogens with two attached hydrogens (primary N) is 1. The van der Waals surface area contributed by atoms with Gasteiger partial charge in [0.15, 0.2) is 0 Å². The maximum atomic E-state index is 9.18. The first-order valence-corrected chi connectivity index (χ1v) is 3.50. The highest BCUT2D eigenvalue weighted by Gasteiger charge is 2.36. The van der Waals surface area contributed by atoms with Gasteiger partial charge in [-0.05, 0) is 6.92 Å². The minimum Gasteiger partial charge on any atom is -0.387 e. The predicted molar refractivity (Wildman–Crippen MR) is 34.3 cm³/mol. The number of hydrogen-bond donors (Lipinski definition) is 4. The Morgan fingerprint density at radius 3 is 2.30 bits per heavy atom. The van der Waals surface area contributed by atoms with Gasteiger partial charge in [-0.15, -0.1) is 0 Å². The SMILES string of the molecule is C[C@H]1[NH2+]C[C@@H](O)[C@@H](O)[C@@H]1O. The summed E-state index contributed by atoms with van der Waals surface area (Å²) in [5.74, 6) is 0. The summed E-state index contributed by atoms with van der Waals surface area (Å²) in [6.45, 7) is 2.29. The lowest BCUT2D eigenvalue weighted by Crippen LogP contribution is -2.97. The van der Waals surface area contributed by atoms with E-state index in [-0.39, 0.29) is 6.04 Å². The van der Waals surface area contributed by atoms with Gasteiger partial charge in [-0.25, -0.2) is 0 Å². The Balaban J connectivity index is 2.52. The number of aliphatic hydroxyl groups is 3. The first-order chi connectivity index (χ1) is 4.63. The van der Waals surface area contributed by atoms with Crippen LogP contribution in [0.4, 0.5) is 0 Å². The van der Waals surface area contributed by atoms with Crippen LogP contribution in [0.15, 0.2) is 0 Å². The molecule has 4 nitrogen and oxygen atoms in total. The van der Waals surface area contributed by atoms with Crippen molar-refractivity contribution in [2.75, 3.05) is 6.54 Å². The van der Waals surface area contributed by atoms with Gasteiger partial charge in [-0.3, -0.25) is 0 Å².